The first-order valence-electron chi connectivity index (χ1n) is 9.37. The fourth-order valence-electron chi connectivity index (χ4n) is 2.63. The number of hydrogen-bond donors (Lipinski definition) is 1. The van der Waals surface area contributed by atoms with E-state index in [4.69, 9.17) is 4.74 Å². The first kappa shape index (κ1) is 22.4. The molecule has 2 rings (SSSR count). The third-order valence-electron chi connectivity index (χ3n) is 4.25. The van der Waals surface area contributed by atoms with Crippen molar-refractivity contribution in [2.75, 3.05) is 23.7 Å². The number of hydrazone groups is 1. The van der Waals surface area contributed by atoms with Gasteiger partial charge in [0, 0.05) is 0 Å². The Balaban J connectivity index is 2.08. The Morgan fingerprint density at radius 3 is 2.21 bits per heavy atom. The van der Waals surface area contributed by atoms with E-state index in [0.29, 0.717) is 18.0 Å². The molecule has 0 aliphatic carbocycles. The molecule has 0 atom stereocenters. The highest BCUT2D eigenvalue weighted by Crippen LogP contribution is 2.18. The van der Waals surface area contributed by atoms with Crippen molar-refractivity contribution >= 4 is 27.3 Å². The third-order valence-corrected chi connectivity index (χ3v) is 5.39. The first-order chi connectivity index (χ1) is 13.7. The van der Waals surface area contributed by atoms with Crippen LogP contribution in [0.3, 0.4) is 0 Å². The van der Waals surface area contributed by atoms with Crippen LogP contribution in [-0.2, 0) is 21.2 Å². The molecule has 0 spiro atoms. The van der Waals surface area contributed by atoms with E-state index >= 15 is 0 Å². The third kappa shape index (κ3) is 6.60. The molecule has 0 aromatic heterocycles. The highest BCUT2D eigenvalue weighted by molar-refractivity contribution is 7.92. The Bertz CT molecular complexity index is 952. The molecule has 0 bridgehead atoms. The van der Waals surface area contributed by atoms with E-state index in [-0.39, 0.29) is 6.54 Å². The second-order valence-corrected chi connectivity index (χ2v) is 8.39. The van der Waals surface area contributed by atoms with E-state index in [1.54, 1.807) is 19.1 Å². The maximum Gasteiger partial charge on any atom is 0.260 e. The lowest BCUT2D eigenvalue weighted by molar-refractivity contribution is -0.119. The van der Waals surface area contributed by atoms with Crippen LogP contribution in [0.4, 0.5) is 5.69 Å². The molecule has 29 heavy (non-hydrogen) atoms. The van der Waals surface area contributed by atoms with Crippen LogP contribution in [0.5, 0.6) is 5.75 Å². The summed E-state index contributed by atoms with van der Waals surface area (Å²) in [6, 6.07) is 14.4. The normalized spacial score (nSPS) is 11.8. The summed E-state index contributed by atoms with van der Waals surface area (Å²) >= 11 is 0. The van der Waals surface area contributed by atoms with Crippen molar-refractivity contribution in [3.8, 4) is 5.75 Å². The number of aryl methyl sites for hydroxylation is 1. The van der Waals surface area contributed by atoms with Crippen molar-refractivity contribution < 1.29 is 17.9 Å². The standard InChI is InChI=1S/C21H27N3O4S/c1-5-17-7-11-19(12-8-17)24(29(4,26)27)15-21(25)23-22-16(3)18-9-13-20(14-10-18)28-6-2/h7-14H,5-6,15H2,1-4H3,(H,23,25)/b22-16-. The molecule has 1 N–H and O–H groups in total. The SMILES string of the molecule is CCOc1ccc(/C(C)=N\NC(=O)CN(c2ccc(CC)cc2)S(C)(=O)=O)cc1. The van der Waals surface area contributed by atoms with Crippen molar-refractivity contribution in [2.45, 2.75) is 27.2 Å². The number of ether oxygens (including phenoxy) is 1. The van der Waals surface area contributed by atoms with Gasteiger partial charge in [0.1, 0.15) is 12.3 Å². The van der Waals surface area contributed by atoms with Crippen molar-refractivity contribution in [1.29, 1.82) is 0 Å². The van der Waals surface area contributed by atoms with Crippen LogP contribution in [0.1, 0.15) is 31.9 Å². The fraction of sp³-hybridized carbons (Fsp3) is 0.333. The zero-order chi connectivity index (χ0) is 21.4. The van der Waals surface area contributed by atoms with E-state index in [9.17, 15) is 13.2 Å². The summed E-state index contributed by atoms with van der Waals surface area (Å²) in [7, 11) is -3.62. The number of anilines is 1. The number of amides is 1. The minimum Gasteiger partial charge on any atom is -0.494 e. The zero-order valence-electron chi connectivity index (χ0n) is 17.2. The minimum absolute atomic E-state index is 0.357. The van der Waals surface area contributed by atoms with Crippen molar-refractivity contribution in [1.82, 2.24) is 5.43 Å². The largest absolute Gasteiger partial charge is 0.494 e. The van der Waals surface area contributed by atoms with E-state index in [1.807, 2.05) is 50.2 Å². The summed E-state index contributed by atoms with van der Waals surface area (Å²) in [6.07, 6.45) is 1.92. The monoisotopic (exact) mass is 417 g/mol. The van der Waals surface area contributed by atoms with Crippen LogP contribution in [0.2, 0.25) is 0 Å². The molecule has 0 fully saturated rings. The van der Waals surface area contributed by atoms with Gasteiger partial charge in [-0.1, -0.05) is 19.1 Å². The topological polar surface area (TPSA) is 88.1 Å². The second-order valence-electron chi connectivity index (χ2n) is 6.48. The molecule has 0 radical (unpaired) electrons. The van der Waals surface area contributed by atoms with Gasteiger partial charge >= 0.3 is 0 Å². The molecule has 2 aromatic rings. The van der Waals surface area contributed by atoms with Crippen molar-refractivity contribution in [3.05, 3.63) is 59.7 Å². The summed E-state index contributed by atoms with van der Waals surface area (Å²) in [5.74, 6) is 0.228. The Labute approximate surface area is 172 Å². The quantitative estimate of drug-likeness (QED) is 0.502. The molecule has 0 heterocycles. The molecule has 0 aliphatic rings. The molecular weight excluding hydrogens is 390 g/mol. The lowest BCUT2D eigenvalue weighted by Gasteiger charge is -2.21. The fourth-order valence-corrected chi connectivity index (χ4v) is 3.49. The van der Waals surface area contributed by atoms with Gasteiger partial charge in [-0.3, -0.25) is 9.10 Å². The van der Waals surface area contributed by atoms with E-state index in [1.165, 1.54) is 0 Å². The van der Waals surface area contributed by atoms with Gasteiger partial charge in [0.2, 0.25) is 10.0 Å². The van der Waals surface area contributed by atoms with E-state index < -0.39 is 15.9 Å². The lowest BCUT2D eigenvalue weighted by atomic mass is 10.1. The molecule has 7 nitrogen and oxygen atoms in total. The molecule has 156 valence electrons. The molecule has 0 saturated heterocycles. The van der Waals surface area contributed by atoms with Gasteiger partial charge in [-0.05, 0) is 67.8 Å². The van der Waals surface area contributed by atoms with Crippen LogP contribution in [0.15, 0.2) is 53.6 Å². The van der Waals surface area contributed by atoms with Gasteiger partial charge in [-0.15, -0.1) is 0 Å². The second kappa shape index (κ2) is 10.1. The highest BCUT2D eigenvalue weighted by Gasteiger charge is 2.20. The number of nitrogens with zero attached hydrogens (tertiary/aromatic N) is 2. The molecule has 8 heteroatoms. The summed E-state index contributed by atoms with van der Waals surface area (Å²) in [4.78, 5) is 12.3. The van der Waals surface area contributed by atoms with Crippen molar-refractivity contribution in [3.63, 3.8) is 0 Å². The van der Waals surface area contributed by atoms with Crippen LogP contribution < -0.4 is 14.5 Å². The Hall–Kier alpha value is -2.87. The number of rotatable bonds is 9. The Kier molecular flexibility index (Phi) is 7.78. The number of carbonyl (C=O) groups is 1. The minimum atomic E-state index is -3.62. The molecule has 0 saturated carbocycles. The Morgan fingerprint density at radius 2 is 1.69 bits per heavy atom. The summed E-state index contributed by atoms with van der Waals surface area (Å²) in [5.41, 5.74) is 5.37. The van der Waals surface area contributed by atoms with Gasteiger partial charge in [-0.25, -0.2) is 13.8 Å². The summed E-state index contributed by atoms with van der Waals surface area (Å²) < 4.78 is 30.8. The van der Waals surface area contributed by atoms with Crippen LogP contribution in [0.25, 0.3) is 0 Å². The van der Waals surface area contributed by atoms with Gasteiger partial charge in [0.15, 0.2) is 0 Å². The average molecular weight is 418 g/mol. The van der Waals surface area contributed by atoms with Gasteiger partial charge < -0.3 is 4.74 Å². The first-order valence-corrected chi connectivity index (χ1v) is 11.2. The number of carbonyl (C=O) groups excluding carboxylic acids is 1. The predicted molar refractivity (Wildman–Crippen MR) is 116 cm³/mol. The van der Waals surface area contributed by atoms with E-state index in [2.05, 4.69) is 10.5 Å². The zero-order valence-corrected chi connectivity index (χ0v) is 18.0. The van der Waals surface area contributed by atoms with Crippen molar-refractivity contribution in [2.24, 2.45) is 5.10 Å². The van der Waals surface area contributed by atoms with Gasteiger partial charge in [0.05, 0.1) is 24.3 Å². The highest BCUT2D eigenvalue weighted by atomic mass is 32.2. The maximum absolute atomic E-state index is 12.3. The smallest absolute Gasteiger partial charge is 0.260 e. The molecular formula is C21H27N3O4S. The average Bonchev–Trinajstić information content (AvgIpc) is 2.70. The van der Waals surface area contributed by atoms with Gasteiger partial charge in [-0.2, -0.15) is 5.10 Å². The number of hydrogen-bond acceptors (Lipinski definition) is 5. The molecule has 0 aliphatic heterocycles. The van der Waals surface area contributed by atoms with Crippen LogP contribution in [-0.4, -0.2) is 39.4 Å². The van der Waals surface area contributed by atoms with Gasteiger partial charge in [0.25, 0.3) is 5.91 Å². The number of nitrogens with one attached hydrogen (secondary N) is 1. The van der Waals surface area contributed by atoms with Crippen LogP contribution >= 0.6 is 0 Å². The molecule has 2 aromatic carbocycles. The summed E-state index contributed by atoms with van der Waals surface area (Å²) in [5, 5.41) is 4.08. The maximum atomic E-state index is 12.3. The molecule has 0 unspecified atom stereocenters. The molecule has 1 amide bonds. The van der Waals surface area contributed by atoms with E-state index in [0.717, 1.165) is 33.9 Å². The van der Waals surface area contributed by atoms with Crippen LogP contribution in [0, 0.1) is 0 Å². The Morgan fingerprint density at radius 1 is 1.07 bits per heavy atom. The number of sulfonamides is 1. The lowest BCUT2D eigenvalue weighted by Crippen LogP contribution is -2.39. The predicted octanol–water partition coefficient (Wildman–Crippen LogP) is 2.95. The number of benzene rings is 2. The summed E-state index contributed by atoms with van der Waals surface area (Å²) in [6.45, 7) is 5.91.